The molecule has 0 radical (unpaired) electrons. The maximum absolute atomic E-state index is 14.3. The van der Waals surface area contributed by atoms with Gasteiger partial charge in [0.2, 0.25) is 0 Å². The fourth-order valence-electron chi connectivity index (χ4n) is 3.47. The van der Waals surface area contributed by atoms with Gasteiger partial charge in [-0.05, 0) is 59.2 Å². The average Bonchev–Trinajstić information content (AvgIpc) is 2.86. The molecule has 1 fully saturated rings. The van der Waals surface area contributed by atoms with E-state index < -0.39 is 23.6 Å². The number of benzene rings is 3. The summed E-state index contributed by atoms with van der Waals surface area (Å²) in [6.45, 7) is 0.139. The summed E-state index contributed by atoms with van der Waals surface area (Å²) in [5, 5.41) is 13.1. The molecule has 0 atom stereocenters. The summed E-state index contributed by atoms with van der Waals surface area (Å²) in [7, 11) is 1.44. The lowest BCUT2D eigenvalue weighted by Gasteiger charge is -2.29. The summed E-state index contributed by atoms with van der Waals surface area (Å²) in [5.41, 5.74) is 0.923. The van der Waals surface area contributed by atoms with Crippen molar-refractivity contribution < 1.29 is 33.4 Å². The molecule has 1 aliphatic heterocycles. The van der Waals surface area contributed by atoms with Gasteiger partial charge in [-0.3, -0.25) is 14.9 Å². The van der Waals surface area contributed by atoms with Crippen LogP contribution >= 0.6 is 12.2 Å². The number of anilines is 1. The molecule has 0 bridgehead atoms. The number of amides is 2. The van der Waals surface area contributed by atoms with Gasteiger partial charge in [0.25, 0.3) is 11.8 Å². The number of nitrogens with one attached hydrogen (secondary N) is 1. The van der Waals surface area contributed by atoms with Crippen LogP contribution in [0.3, 0.4) is 0 Å². The summed E-state index contributed by atoms with van der Waals surface area (Å²) in [6.07, 6.45) is 1.35. The van der Waals surface area contributed by atoms with Crippen LogP contribution in [0.2, 0.25) is 0 Å². The molecule has 10 heteroatoms. The van der Waals surface area contributed by atoms with E-state index in [0.29, 0.717) is 17.1 Å². The van der Waals surface area contributed by atoms with Crippen molar-refractivity contribution in [1.29, 1.82) is 0 Å². The molecule has 2 amide bonds. The Morgan fingerprint density at radius 2 is 1.81 bits per heavy atom. The summed E-state index contributed by atoms with van der Waals surface area (Å²) >= 11 is 5.10. The Hall–Kier alpha value is -4.57. The van der Waals surface area contributed by atoms with Crippen LogP contribution in [-0.4, -0.2) is 30.0 Å². The smallest absolute Gasteiger partial charge is 0.270 e. The normalized spacial score (nSPS) is 14.6. The SMILES string of the molecule is COc1cc(/C=C2\C(=O)NC(=S)N(c3ccccc3F)C2=O)ccc1OCc1ccc(C(=O)[O-])cc1. The van der Waals surface area contributed by atoms with Crippen LogP contribution < -0.4 is 24.8 Å². The van der Waals surface area contributed by atoms with Crippen molar-refractivity contribution in [3.63, 3.8) is 0 Å². The van der Waals surface area contributed by atoms with Crippen LogP contribution in [0, 0.1) is 5.82 Å². The van der Waals surface area contributed by atoms with E-state index in [1.54, 1.807) is 36.4 Å². The number of ether oxygens (including phenoxy) is 2. The number of hydrogen-bond donors (Lipinski definition) is 1. The number of aromatic carboxylic acids is 1. The standard InChI is InChI=1S/C26H19FN2O6S/c1-34-22-13-16(8-11-21(22)35-14-15-6-9-17(10-7-15)25(32)33)12-18-23(30)28-26(36)29(24(18)31)20-5-3-2-4-19(20)27/h2-13H,14H2,1H3,(H,32,33)(H,28,30,36)/p-1/b18-12+. The predicted molar refractivity (Wildman–Crippen MR) is 131 cm³/mol. The van der Waals surface area contributed by atoms with Crippen LogP contribution in [0.1, 0.15) is 21.5 Å². The third-order valence-electron chi connectivity index (χ3n) is 5.28. The average molecular weight is 506 g/mol. The van der Waals surface area contributed by atoms with Crippen molar-refractivity contribution in [1.82, 2.24) is 5.32 Å². The molecule has 8 nitrogen and oxygen atoms in total. The largest absolute Gasteiger partial charge is 0.545 e. The molecule has 182 valence electrons. The van der Waals surface area contributed by atoms with Gasteiger partial charge in [0, 0.05) is 0 Å². The van der Waals surface area contributed by atoms with Crippen molar-refractivity contribution >= 4 is 46.9 Å². The lowest BCUT2D eigenvalue weighted by atomic mass is 10.1. The summed E-state index contributed by atoms with van der Waals surface area (Å²) in [4.78, 5) is 37.4. The Kier molecular flexibility index (Phi) is 7.07. The molecule has 3 aromatic carbocycles. The molecule has 3 aromatic rings. The molecular formula is C26H18FN2O6S-. The molecule has 0 aliphatic carbocycles. The topological polar surface area (TPSA) is 108 Å². The van der Waals surface area contributed by atoms with Crippen LogP contribution in [0.25, 0.3) is 6.08 Å². The lowest BCUT2D eigenvalue weighted by molar-refractivity contribution is -0.255. The van der Waals surface area contributed by atoms with E-state index in [9.17, 15) is 23.9 Å². The molecule has 1 saturated heterocycles. The number of carboxylic acid groups (broad SMARTS) is 1. The zero-order chi connectivity index (χ0) is 25.8. The first kappa shape index (κ1) is 24.6. The summed E-state index contributed by atoms with van der Waals surface area (Å²) < 4.78 is 25.5. The highest BCUT2D eigenvalue weighted by molar-refractivity contribution is 7.80. The van der Waals surface area contributed by atoms with Crippen LogP contribution in [-0.2, 0) is 16.2 Å². The van der Waals surface area contributed by atoms with E-state index in [4.69, 9.17) is 21.7 Å². The molecule has 1 aliphatic rings. The molecule has 4 rings (SSSR count). The first-order chi connectivity index (χ1) is 17.3. The number of carbonyl (C=O) groups is 3. The monoisotopic (exact) mass is 505 g/mol. The Bertz CT molecular complexity index is 1400. The number of rotatable bonds is 7. The molecule has 1 heterocycles. The first-order valence-electron chi connectivity index (χ1n) is 10.6. The van der Waals surface area contributed by atoms with Crippen LogP contribution in [0.15, 0.2) is 72.3 Å². The molecule has 0 unspecified atom stereocenters. The third-order valence-corrected chi connectivity index (χ3v) is 5.56. The highest BCUT2D eigenvalue weighted by Gasteiger charge is 2.35. The van der Waals surface area contributed by atoms with E-state index in [2.05, 4.69) is 5.32 Å². The zero-order valence-corrected chi connectivity index (χ0v) is 19.6. The highest BCUT2D eigenvalue weighted by atomic mass is 32.1. The Balaban J connectivity index is 1.57. The second-order valence-corrected chi connectivity index (χ2v) is 7.98. The number of nitrogens with zero attached hydrogens (tertiary/aromatic N) is 1. The van der Waals surface area contributed by atoms with E-state index in [-0.39, 0.29) is 28.5 Å². The van der Waals surface area contributed by atoms with Gasteiger partial charge in [-0.2, -0.15) is 0 Å². The fourth-order valence-corrected chi connectivity index (χ4v) is 3.74. The van der Waals surface area contributed by atoms with E-state index in [1.165, 1.54) is 43.5 Å². The number of hydrogen-bond acceptors (Lipinski definition) is 7. The van der Waals surface area contributed by atoms with E-state index in [1.807, 2.05) is 0 Å². The summed E-state index contributed by atoms with van der Waals surface area (Å²) in [5.74, 6) is -2.69. The van der Waals surface area contributed by atoms with Crippen molar-refractivity contribution in [3.8, 4) is 11.5 Å². The predicted octanol–water partition coefficient (Wildman–Crippen LogP) is 2.61. The number of para-hydroxylation sites is 1. The number of carboxylic acids is 1. The quantitative estimate of drug-likeness (QED) is 0.299. The summed E-state index contributed by atoms with van der Waals surface area (Å²) in [6, 6.07) is 16.4. The number of thiocarbonyl (C=S) groups is 1. The van der Waals surface area contributed by atoms with Crippen LogP contribution in [0.4, 0.5) is 10.1 Å². The molecule has 0 saturated carbocycles. The zero-order valence-electron chi connectivity index (χ0n) is 18.8. The van der Waals surface area contributed by atoms with Gasteiger partial charge < -0.3 is 19.4 Å². The van der Waals surface area contributed by atoms with Crippen molar-refractivity contribution in [2.45, 2.75) is 6.61 Å². The fraction of sp³-hybridized carbons (Fsp3) is 0.0769. The molecule has 36 heavy (non-hydrogen) atoms. The number of methoxy groups -OCH3 is 1. The minimum atomic E-state index is -1.27. The third kappa shape index (κ3) is 5.08. The maximum Gasteiger partial charge on any atom is 0.270 e. The van der Waals surface area contributed by atoms with Gasteiger partial charge in [-0.15, -0.1) is 0 Å². The minimum Gasteiger partial charge on any atom is -0.545 e. The van der Waals surface area contributed by atoms with E-state index >= 15 is 0 Å². The van der Waals surface area contributed by atoms with Crippen molar-refractivity contribution in [2.24, 2.45) is 0 Å². The minimum absolute atomic E-state index is 0.0596. The molecule has 0 aromatic heterocycles. The molecule has 0 spiro atoms. The molecule has 1 N–H and O–H groups in total. The van der Waals surface area contributed by atoms with Gasteiger partial charge >= 0.3 is 0 Å². The molecular weight excluding hydrogens is 487 g/mol. The number of carbonyl (C=O) groups excluding carboxylic acids is 3. The van der Waals surface area contributed by atoms with Gasteiger partial charge in [0.05, 0.1) is 18.8 Å². The van der Waals surface area contributed by atoms with Gasteiger partial charge in [0.1, 0.15) is 18.0 Å². The first-order valence-corrected chi connectivity index (χ1v) is 11.0. The number of halogens is 1. The second-order valence-electron chi connectivity index (χ2n) is 7.59. The second kappa shape index (κ2) is 10.4. The lowest BCUT2D eigenvalue weighted by Crippen LogP contribution is -2.54. The van der Waals surface area contributed by atoms with Crippen molar-refractivity contribution in [3.05, 3.63) is 94.8 Å². The van der Waals surface area contributed by atoms with Crippen LogP contribution in [0.5, 0.6) is 11.5 Å². The van der Waals surface area contributed by atoms with Crippen molar-refractivity contribution in [2.75, 3.05) is 12.0 Å². The van der Waals surface area contributed by atoms with Gasteiger partial charge in [-0.25, -0.2) is 9.29 Å². The Morgan fingerprint density at radius 1 is 1.08 bits per heavy atom. The van der Waals surface area contributed by atoms with Gasteiger partial charge in [-0.1, -0.05) is 42.5 Å². The Labute approximate surface area is 210 Å². The van der Waals surface area contributed by atoms with E-state index in [0.717, 1.165) is 10.5 Å². The Morgan fingerprint density at radius 3 is 2.47 bits per heavy atom. The maximum atomic E-state index is 14.3. The van der Waals surface area contributed by atoms with Gasteiger partial charge in [0.15, 0.2) is 16.6 Å². The highest BCUT2D eigenvalue weighted by Crippen LogP contribution is 2.31.